The Balaban J connectivity index is 1.94. The molecule has 0 saturated heterocycles. The number of nitrogens with two attached hydrogens (primary N) is 1. The van der Waals surface area contributed by atoms with Crippen molar-refractivity contribution in [3.8, 4) is 23.1 Å². The van der Waals surface area contributed by atoms with Crippen LogP contribution in [0.1, 0.15) is 29.5 Å². The molecule has 1 aromatic carbocycles. The number of carbonyl (C=O) groups excluding carboxylic acids is 2. The molecule has 2 amide bonds. The van der Waals surface area contributed by atoms with E-state index in [1.54, 1.807) is 14.0 Å². The number of amides is 2. The summed E-state index contributed by atoms with van der Waals surface area (Å²) in [5, 5.41) is 12.3. The maximum atomic E-state index is 11.6. The summed E-state index contributed by atoms with van der Waals surface area (Å²) < 4.78 is 0.851. The number of primary amides is 1. The van der Waals surface area contributed by atoms with Crippen LogP contribution in [-0.4, -0.2) is 51.5 Å². The summed E-state index contributed by atoms with van der Waals surface area (Å²) in [6.45, 7) is 2.01. The summed E-state index contributed by atoms with van der Waals surface area (Å²) >= 11 is 1.48. The molecule has 1 atom stereocenters. The van der Waals surface area contributed by atoms with Gasteiger partial charge in [0.05, 0.1) is 15.9 Å². The van der Waals surface area contributed by atoms with Crippen LogP contribution in [0.4, 0.5) is 0 Å². The molecule has 29 heavy (non-hydrogen) atoms. The summed E-state index contributed by atoms with van der Waals surface area (Å²) in [4.78, 5) is 32.3. The van der Waals surface area contributed by atoms with Crippen LogP contribution >= 0.6 is 11.3 Å². The first kappa shape index (κ1) is 20.5. The summed E-state index contributed by atoms with van der Waals surface area (Å²) in [6, 6.07) is 9.18. The third kappa shape index (κ3) is 4.96. The number of hydrogen-bond acceptors (Lipinski definition) is 6. The van der Waals surface area contributed by atoms with Crippen molar-refractivity contribution in [2.75, 3.05) is 13.6 Å². The smallest absolute Gasteiger partial charge is 0.286 e. The average molecular weight is 408 g/mol. The molecule has 2 aromatic heterocycles. The van der Waals surface area contributed by atoms with Crippen molar-refractivity contribution in [1.82, 2.24) is 14.9 Å². The van der Waals surface area contributed by atoms with Gasteiger partial charge >= 0.3 is 0 Å². The summed E-state index contributed by atoms with van der Waals surface area (Å²) in [5.41, 5.74) is 6.87. The van der Waals surface area contributed by atoms with Crippen LogP contribution in [0.2, 0.25) is 0 Å². The number of aromatic nitrogens is 2. The summed E-state index contributed by atoms with van der Waals surface area (Å²) in [6.07, 6.45) is 1.04. The number of nitrogens with zero attached hydrogens (tertiary/aromatic N) is 3. The molecule has 3 rings (SSSR count). The van der Waals surface area contributed by atoms with E-state index in [-0.39, 0.29) is 5.82 Å². The van der Waals surface area contributed by atoms with E-state index in [9.17, 15) is 14.7 Å². The lowest BCUT2D eigenvalue weighted by atomic mass is 10.0. The Morgan fingerprint density at radius 3 is 2.90 bits per heavy atom. The number of hydrogen-bond donors (Lipinski definition) is 2. The number of thiophene rings is 1. The molecule has 148 valence electrons. The fraction of sp³-hybridized carbons (Fsp3) is 0.238. The topological polar surface area (TPSA) is 109 Å². The van der Waals surface area contributed by atoms with Gasteiger partial charge in [-0.1, -0.05) is 24.0 Å². The second kappa shape index (κ2) is 8.39. The first-order chi connectivity index (χ1) is 13.8. The van der Waals surface area contributed by atoms with Gasteiger partial charge in [0.2, 0.25) is 12.2 Å². The molecule has 0 spiro atoms. The van der Waals surface area contributed by atoms with Crippen LogP contribution in [0.5, 0.6) is 0 Å². The Kier molecular flexibility index (Phi) is 5.92. The van der Waals surface area contributed by atoms with E-state index in [0.29, 0.717) is 36.1 Å². The van der Waals surface area contributed by atoms with Gasteiger partial charge < -0.3 is 15.7 Å². The molecule has 0 saturated carbocycles. The van der Waals surface area contributed by atoms with Crippen LogP contribution in [0.25, 0.3) is 21.5 Å². The van der Waals surface area contributed by atoms with Crippen molar-refractivity contribution in [1.29, 1.82) is 0 Å². The lowest BCUT2D eigenvalue weighted by molar-refractivity contribution is -0.117. The van der Waals surface area contributed by atoms with E-state index in [2.05, 4.69) is 21.8 Å². The third-order valence-corrected chi connectivity index (χ3v) is 5.18. The van der Waals surface area contributed by atoms with Gasteiger partial charge in [-0.05, 0) is 30.5 Å². The first-order valence-electron chi connectivity index (χ1n) is 8.85. The van der Waals surface area contributed by atoms with Gasteiger partial charge in [0.15, 0.2) is 0 Å². The maximum Gasteiger partial charge on any atom is 0.286 e. The molecule has 3 aromatic rings. The number of rotatable bonds is 6. The average Bonchev–Trinajstić information content (AvgIpc) is 3.19. The highest BCUT2D eigenvalue weighted by molar-refractivity contribution is 7.17. The van der Waals surface area contributed by atoms with Gasteiger partial charge in [-0.15, -0.1) is 11.3 Å². The number of aliphatic hydroxyl groups is 1. The fourth-order valence-electron chi connectivity index (χ4n) is 2.63. The highest BCUT2D eigenvalue weighted by atomic mass is 32.1. The van der Waals surface area contributed by atoms with Crippen LogP contribution in [0, 0.1) is 11.8 Å². The molecule has 2 heterocycles. The standard InChI is InChI=1S/C21H20N4O3S/c1-21(28,9-10-25(2)13-26)8-6-14-4-3-5-15(12-14)17-18-16(7-11-29-18)23-20(24-17)19(22)27/h3-5,7,11-13,28H,9-10H2,1-2H3,(H2,22,27). The second-order valence-electron chi connectivity index (χ2n) is 6.84. The molecule has 0 fully saturated rings. The predicted octanol–water partition coefficient (Wildman–Crippen LogP) is 2.04. The van der Waals surface area contributed by atoms with Crippen molar-refractivity contribution >= 4 is 33.9 Å². The van der Waals surface area contributed by atoms with E-state index in [0.717, 1.165) is 10.3 Å². The largest absolute Gasteiger partial charge is 0.378 e. The van der Waals surface area contributed by atoms with Crippen molar-refractivity contribution in [2.24, 2.45) is 5.73 Å². The zero-order valence-electron chi connectivity index (χ0n) is 16.0. The van der Waals surface area contributed by atoms with E-state index >= 15 is 0 Å². The Morgan fingerprint density at radius 1 is 1.38 bits per heavy atom. The molecule has 7 nitrogen and oxygen atoms in total. The molecule has 3 N–H and O–H groups in total. The molecular weight excluding hydrogens is 388 g/mol. The number of fused-ring (bicyclic) bond motifs is 1. The van der Waals surface area contributed by atoms with E-state index in [1.165, 1.54) is 16.2 Å². The quantitative estimate of drug-likeness (QED) is 0.479. The third-order valence-electron chi connectivity index (χ3n) is 4.27. The number of benzene rings is 1. The molecule has 0 aliphatic rings. The van der Waals surface area contributed by atoms with Gasteiger partial charge in [0.25, 0.3) is 5.91 Å². The van der Waals surface area contributed by atoms with Crippen molar-refractivity contribution < 1.29 is 14.7 Å². The monoisotopic (exact) mass is 408 g/mol. The molecule has 0 aliphatic heterocycles. The molecule has 0 radical (unpaired) electrons. The van der Waals surface area contributed by atoms with Crippen molar-refractivity contribution in [3.63, 3.8) is 0 Å². The number of carbonyl (C=O) groups is 2. The molecule has 0 aliphatic carbocycles. The van der Waals surface area contributed by atoms with Gasteiger partial charge in [-0.2, -0.15) is 0 Å². The molecular formula is C21H20N4O3S. The predicted molar refractivity (Wildman–Crippen MR) is 112 cm³/mol. The van der Waals surface area contributed by atoms with Crippen molar-refractivity contribution in [3.05, 3.63) is 47.1 Å². The zero-order valence-corrected chi connectivity index (χ0v) is 16.9. The normalized spacial score (nSPS) is 12.7. The van der Waals surface area contributed by atoms with Gasteiger partial charge in [0, 0.05) is 31.1 Å². The molecule has 1 unspecified atom stereocenters. The van der Waals surface area contributed by atoms with Gasteiger partial charge in [-0.25, -0.2) is 9.97 Å². The molecule has 8 heteroatoms. The van der Waals surface area contributed by atoms with E-state index < -0.39 is 11.5 Å². The maximum absolute atomic E-state index is 11.6. The minimum atomic E-state index is -1.23. The fourth-order valence-corrected chi connectivity index (χ4v) is 3.47. The lowest BCUT2D eigenvalue weighted by Crippen LogP contribution is -2.29. The highest BCUT2D eigenvalue weighted by Gasteiger charge is 2.17. The zero-order chi connectivity index (χ0) is 21.0. The van der Waals surface area contributed by atoms with E-state index in [1.807, 2.05) is 35.7 Å². The van der Waals surface area contributed by atoms with Crippen LogP contribution in [0.3, 0.4) is 0 Å². The first-order valence-corrected chi connectivity index (χ1v) is 9.73. The molecule has 0 bridgehead atoms. The Hall–Kier alpha value is -3.28. The summed E-state index contributed by atoms with van der Waals surface area (Å²) in [5.74, 6) is 5.11. The minimum absolute atomic E-state index is 0.0374. The summed E-state index contributed by atoms with van der Waals surface area (Å²) in [7, 11) is 1.65. The van der Waals surface area contributed by atoms with Crippen LogP contribution < -0.4 is 5.73 Å². The SMILES string of the molecule is CN(C=O)CCC(C)(O)C#Cc1cccc(-c2nc(C(N)=O)nc3ccsc23)c1. The van der Waals surface area contributed by atoms with E-state index in [4.69, 9.17) is 5.73 Å². The minimum Gasteiger partial charge on any atom is -0.378 e. The Labute approximate surface area is 172 Å². The van der Waals surface area contributed by atoms with Crippen LogP contribution in [-0.2, 0) is 4.79 Å². The van der Waals surface area contributed by atoms with Gasteiger partial charge in [-0.3, -0.25) is 9.59 Å². The van der Waals surface area contributed by atoms with Crippen LogP contribution in [0.15, 0.2) is 35.7 Å². The Morgan fingerprint density at radius 2 is 2.17 bits per heavy atom. The second-order valence-corrected chi connectivity index (χ2v) is 7.75. The Bertz CT molecular complexity index is 1130. The van der Waals surface area contributed by atoms with Crippen molar-refractivity contribution in [2.45, 2.75) is 18.9 Å². The van der Waals surface area contributed by atoms with Gasteiger partial charge in [0.1, 0.15) is 5.60 Å². The lowest BCUT2D eigenvalue weighted by Gasteiger charge is -2.19. The highest BCUT2D eigenvalue weighted by Crippen LogP contribution is 2.30.